The summed E-state index contributed by atoms with van der Waals surface area (Å²) in [5.74, 6) is 3.17. The number of rotatable bonds is 1. The first-order chi connectivity index (χ1) is 20.5. The minimum Gasteiger partial charge on any atom is -0.409 e. The van der Waals surface area contributed by atoms with E-state index in [1.165, 1.54) is 95.7 Å². The Labute approximate surface area is 248 Å². The van der Waals surface area contributed by atoms with E-state index in [0.29, 0.717) is 29.4 Å². The van der Waals surface area contributed by atoms with Crippen molar-refractivity contribution in [2.24, 2.45) is 0 Å². The van der Waals surface area contributed by atoms with Crippen LogP contribution in [0.5, 0.6) is 5.75 Å². The van der Waals surface area contributed by atoms with Gasteiger partial charge < -0.3 is 4.74 Å². The van der Waals surface area contributed by atoms with Crippen molar-refractivity contribution in [1.29, 1.82) is 0 Å². The molecule has 0 radical (unpaired) electrons. The number of benzene rings is 4. The smallest absolute Gasteiger partial charge is 0.409 e. The first kappa shape index (κ1) is 24.0. The molecule has 2 saturated carbocycles. The Kier molecular flexibility index (Phi) is 4.62. The number of fused-ring (bicyclic) bond motifs is 6. The van der Waals surface area contributed by atoms with Crippen molar-refractivity contribution in [2.75, 3.05) is 4.90 Å². The zero-order chi connectivity index (χ0) is 28.0. The number of nitrogens with zero attached hydrogens (tertiary/aromatic N) is 1. The number of hydrogen-bond donors (Lipinski definition) is 0. The van der Waals surface area contributed by atoms with Crippen LogP contribution < -0.4 is 26.0 Å². The minimum absolute atomic E-state index is 0.119. The maximum atomic E-state index is 14.3. The summed E-state index contributed by atoms with van der Waals surface area (Å²) in [5, 5.41) is 2.25. The maximum absolute atomic E-state index is 14.3. The molecule has 0 N–H and O–H groups in total. The minimum atomic E-state index is -0.218. The molecule has 3 nitrogen and oxygen atoms in total. The SMILES string of the molecule is Cc1cc(C)c(B2c3ccc4cccc5c4c3N(C(=O)O5)c3c2c2c(c4c3C3CCC4CC3)C3CCC2CC3)c(C)c1. The van der Waals surface area contributed by atoms with Gasteiger partial charge in [-0.2, -0.15) is 0 Å². The average molecular weight is 550 g/mol. The molecule has 2 heterocycles. The molecular weight excluding hydrogens is 513 g/mol. The number of hydrogen-bond acceptors (Lipinski definition) is 2. The molecule has 0 unspecified atom stereocenters. The third-order valence-electron chi connectivity index (χ3n) is 12.2. The normalized spacial score (nSPS) is 25.8. The molecule has 4 aromatic rings. The first-order valence-electron chi connectivity index (χ1n) is 16.4. The Morgan fingerprint density at radius 1 is 0.690 bits per heavy atom. The fourth-order valence-corrected chi connectivity index (χ4v) is 10.9. The summed E-state index contributed by atoms with van der Waals surface area (Å²) < 4.78 is 6.22. The van der Waals surface area contributed by atoms with E-state index >= 15 is 0 Å². The molecule has 208 valence electrons. The van der Waals surface area contributed by atoms with Crippen LogP contribution in [0, 0.1) is 20.8 Å². The van der Waals surface area contributed by atoms with Crippen LogP contribution in [0.3, 0.4) is 0 Å². The van der Waals surface area contributed by atoms with Crippen molar-refractivity contribution >= 4 is 51.3 Å². The van der Waals surface area contributed by atoms with Crippen LogP contribution in [0.25, 0.3) is 10.8 Å². The Balaban J connectivity index is 1.43. The fraction of sp³-hybridized carbons (Fsp3) is 0.395. The van der Waals surface area contributed by atoms with Crippen molar-refractivity contribution in [3.63, 3.8) is 0 Å². The van der Waals surface area contributed by atoms with Gasteiger partial charge in [-0.1, -0.05) is 58.6 Å². The third-order valence-corrected chi connectivity index (χ3v) is 12.2. The van der Waals surface area contributed by atoms with Crippen LogP contribution in [-0.2, 0) is 0 Å². The van der Waals surface area contributed by atoms with E-state index < -0.39 is 0 Å². The zero-order valence-electron chi connectivity index (χ0n) is 24.8. The highest BCUT2D eigenvalue weighted by Crippen LogP contribution is 2.61. The molecule has 0 atom stereocenters. The van der Waals surface area contributed by atoms with Gasteiger partial charge in [0.2, 0.25) is 6.71 Å². The van der Waals surface area contributed by atoms with E-state index in [9.17, 15) is 4.79 Å². The number of ether oxygens (including phenoxy) is 1. The van der Waals surface area contributed by atoms with Gasteiger partial charge in [0, 0.05) is 5.39 Å². The third kappa shape index (κ3) is 2.82. The first-order valence-corrected chi connectivity index (χ1v) is 16.4. The Hall–Kier alpha value is -3.53. The fourth-order valence-electron chi connectivity index (χ4n) is 10.9. The van der Waals surface area contributed by atoms with Crippen molar-refractivity contribution in [2.45, 2.75) is 95.8 Å². The summed E-state index contributed by atoms with van der Waals surface area (Å²) in [7, 11) is 0. The summed E-state index contributed by atoms with van der Waals surface area (Å²) in [6, 6.07) is 15.5. The Morgan fingerprint density at radius 3 is 1.95 bits per heavy atom. The van der Waals surface area contributed by atoms with Gasteiger partial charge in [0.05, 0.1) is 11.4 Å². The monoisotopic (exact) mass is 549 g/mol. The van der Waals surface area contributed by atoms with Gasteiger partial charge in [-0.25, -0.2) is 9.69 Å². The predicted octanol–water partition coefficient (Wildman–Crippen LogP) is 7.75. The Bertz CT molecular complexity index is 1880. The highest BCUT2D eigenvalue weighted by Gasteiger charge is 2.52. The second-order valence-corrected chi connectivity index (χ2v) is 14.3. The van der Waals surface area contributed by atoms with Crippen molar-refractivity contribution in [3.8, 4) is 5.75 Å². The number of carbonyl (C=O) groups is 1. The van der Waals surface area contributed by atoms with Gasteiger partial charge >= 0.3 is 6.09 Å². The van der Waals surface area contributed by atoms with Gasteiger partial charge in [-0.05, 0) is 140 Å². The summed E-state index contributed by atoms with van der Waals surface area (Å²) in [5.41, 5.74) is 17.1. The van der Waals surface area contributed by atoms with Crippen LogP contribution in [0.15, 0.2) is 42.5 Å². The highest BCUT2D eigenvalue weighted by molar-refractivity contribution is 6.99. The highest BCUT2D eigenvalue weighted by atomic mass is 16.6. The van der Waals surface area contributed by atoms with Crippen LogP contribution in [0.2, 0.25) is 0 Å². The molecule has 4 bridgehead atoms. The molecule has 0 aromatic heterocycles. The molecule has 4 aromatic carbocycles. The van der Waals surface area contributed by atoms with E-state index in [2.05, 4.69) is 56.0 Å². The number of carbonyl (C=O) groups excluding carboxylic acids is 1. The van der Waals surface area contributed by atoms with Crippen molar-refractivity contribution in [3.05, 3.63) is 81.4 Å². The number of amides is 1. The molecule has 0 spiro atoms. The van der Waals surface area contributed by atoms with Crippen molar-refractivity contribution in [1.82, 2.24) is 0 Å². The number of anilines is 2. The molecule has 0 saturated heterocycles. The molecule has 2 fully saturated rings. The van der Waals surface area contributed by atoms with Crippen molar-refractivity contribution < 1.29 is 9.53 Å². The summed E-state index contributed by atoms with van der Waals surface area (Å²) in [6.07, 6.45) is 10.2. The lowest BCUT2D eigenvalue weighted by molar-refractivity contribution is 0.209. The molecule has 6 aliphatic carbocycles. The number of aryl methyl sites for hydroxylation is 3. The topological polar surface area (TPSA) is 29.5 Å². The van der Waals surface area contributed by atoms with Gasteiger partial charge in [0.15, 0.2) is 0 Å². The largest absolute Gasteiger partial charge is 0.424 e. The maximum Gasteiger partial charge on any atom is 0.424 e. The summed E-state index contributed by atoms with van der Waals surface area (Å²) >= 11 is 0. The molecule has 8 aliphatic rings. The van der Waals surface area contributed by atoms with Crippen LogP contribution >= 0.6 is 0 Å². The van der Waals surface area contributed by atoms with E-state index in [4.69, 9.17) is 4.74 Å². The van der Waals surface area contributed by atoms with Gasteiger partial charge in [-0.3, -0.25) is 0 Å². The van der Waals surface area contributed by atoms with E-state index in [0.717, 1.165) is 16.5 Å². The van der Waals surface area contributed by atoms with Crippen LogP contribution in [0.1, 0.15) is 114 Å². The van der Waals surface area contributed by atoms with Gasteiger partial charge in [0.25, 0.3) is 0 Å². The zero-order valence-corrected chi connectivity index (χ0v) is 24.8. The molecule has 4 heteroatoms. The van der Waals surface area contributed by atoms with E-state index in [1.54, 1.807) is 16.7 Å². The van der Waals surface area contributed by atoms with E-state index in [-0.39, 0.29) is 12.8 Å². The standard InChI is InChI=1S/C38H36BNO2/c1-19-17-20(2)34(21(3)18-19)39-27-16-15-22-5-4-6-28-29(22)36(27)40(38(41)42-28)37-33-26-13-9-24(10-14-26)31(33)30-23-7-11-25(12-8-23)32(30)35(37)39/h4-6,15-18,23-26H,7-14H2,1-3H3. The van der Waals surface area contributed by atoms with Crippen LogP contribution in [0.4, 0.5) is 16.2 Å². The predicted molar refractivity (Wildman–Crippen MR) is 172 cm³/mol. The second-order valence-electron chi connectivity index (χ2n) is 14.3. The lowest BCUT2D eigenvalue weighted by Crippen LogP contribution is -2.63. The van der Waals surface area contributed by atoms with Gasteiger partial charge in [0.1, 0.15) is 5.75 Å². The Morgan fingerprint density at radius 2 is 1.29 bits per heavy atom. The molecule has 42 heavy (non-hydrogen) atoms. The summed E-state index contributed by atoms with van der Waals surface area (Å²) in [4.78, 5) is 16.4. The molecule has 1 amide bonds. The molecule has 12 rings (SSSR count). The molecule has 2 aliphatic heterocycles. The lowest BCUT2D eigenvalue weighted by Gasteiger charge is -2.52. The van der Waals surface area contributed by atoms with Gasteiger partial charge in [-0.15, -0.1) is 0 Å². The average Bonchev–Trinajstić information content (AvgIpc) is 3.00. The second kappa shape index (κ2) is 8.10. The summed E-state index contributed by atoms with van der Waals surface area (Å²) in [6.45, 7) is 6.96. The quantitative estimate of drug-likeness (QED) is 0.227. The lowest BCUT2D eigenvalue weighted by atomic mass is 9.31. The molecular formula is C38H36BNO2. The van der Waals surface area contributed by atoms with Crippen LogP contribution in [-0.4, -0.2) is 12.8 Å². The van der Waals surface area contributed by atoms with E-state index in [1.807, 2.05) is 12.1 Å².